The third-order valence-corrected chi connectivity index (χ3v) is 3.12. The fraction of sp³-hybridized carbons (Fsp3) is 0.400. The first kappa shape index (κ1) is 9.03. The molecule has 1 N–H and O–H groups in total. The molecule has 0 spiro atoms. The van der Waals surface area contributed by atoms with Gasteiger partial charge in [-0.1, -0.05) is 22.0 Å². The van der Waals surface area contributed by atoms with Gasteiger partial charge in [-0.3, -0.25) is 0 Å². The van der Waals surface area contributed by atoms with Gasteiger partial charge in [-0.25, -0.2) is 0 Å². The predicted octanol–water partition coefficient (Wildman–Crippen LogP) is 2.57. The van der Waals surface area contributed by atoms with Gasteiger partial charge in [0.1, 0.15) is 0 Å². The smallest absolute Gasteiger partial charge is 0.0728 e. The first-order valence-corrected chi connectivity index (χ1v) is 5.16. The van der Waals surface area contributed by atoms with E-state index in [1.54, 1.807) is 0 Å². The summed E-state index contributed by atoms with van der Waals surface area (Å²) in [4.78, 5) is 0. The Balaban J connectivity index is 2.14. The van der Waals surface area contributed by atoms with E-state index in [9.17, 15) is 0 Å². The van der Waals surface area contributed by atoms with E-state index in [0.29, 0.717) is 6.04 Å². The average molecular weight is 242 g/mol. The summed E-state index contributed by atoms with van der Waals surface area (Å²) in [6.07, 6.45) is 0. The van der Waals surface area contributed by atoms with Gasteiger partial charge in [0, 0.05) is 10.2 Å². The van der Waals surface area contributed by atoms with Gasteiger partial charge in [-0.05, 0) is 24.6 Å². The molecule has 0 bridgehead atoms. The first-order chi connectivity index (χ1) is 6.27. The highest BCUT2D eigenvalue weighted by atomic mass is 79.9. The van der Waals surface area contributed by atoms with Crippen molar-refractivity contribution in [3.63, 3.8) is 0 Å². The molecule has 0 saturated carbocycles. The zero-order valence-corrected chi connectivity index (χ0v) is 9.10. The standard InChI is InChI=1S/C10H12BrNO/c1-7-9(11)3-2-4-10(7)12-8-5-13-6-8/h2-4,8,12H,5-6H2,1H3. The Bertz CT molecular complexity index is 310. The number of nitrogens with one attached hydrogen (secondary N) is 1. The van der Waals surface area contributed by atoms with Crippen LogP contribution in [-0.2, 0) is 4.74 Å². The van der Waals surface area contributed by atoms with Gasteiger partial charge in [0.2, 0.25) is 0 Å². The lowest BCUT2D eigenvalue weighted by Crippen LogP contribution is -2.40. The number of rotatable bonds is 2. The summed E-state index contributed by atoms with van der Waals surface area (Å²) in [5, 5.41) is 3.43. The van der Waals surface area contributed by atoms with Crippen LogP contribution in [0, 0.1) is 6.92 Å². The van der Waals surface area contributed by atoms with Gasteiger partial charge in [-0.15, -0.1) is 0 Å². The van der Waals surface area contributed by atoms with Crippen LogP contribution >= 0.6 is 15.9 Å². The minimum absolute atomic E-state index is 0.494. The van der Waals surface area contributed by atoms with Crippen molar-refractivity contribution in [1.29, 1.82) is 0 Å². The molecular weight excluding hydrogens is 230 g/mol. The van der Waals surface area contributed by atoms with Crippen LogP contribution in [0.4, 0.5) is 5.69 Å². The molecule has 1 aromatic rings. The van der Waals surface area contributed by atoms with Gasteiger partial charge < -0.3 is 10.1 Å². The Morgan fingerprint density at radius 1 is 1.46 bits per heavy atom. The maximum Gasteiger partial charge on any atom is 0.0728 e. The van der Waals surface area contributed by atoms with Crippen molar-refractivity contribution in [3.8, 4) is 0 Å². The molecule has 1 aliphatic rings. The molecule has 0 amide bonds. The van der Waals surface area contributed by atoms with Crippen LogP contribution in [0.15, 0.2) is 22.7 Å². The molecule has 0 aromatic heterocycles. The van der Waals surface area contributed by atoms with Crippen LogP contribution in [-0.4, -0.2) is 19.3 Å². The highest BCUT2D eigenvalue weighted by Crippen LogP contribution is 2.24. The Morgan fingerprint density at radius 3 is 2.85 bits per heavy atom. The minimum atomic E-state index is 0.494. The maximum absolute atomic E-state index is 5.10. The van der Waals surface area contributed by atoms with E-state index < -0.39 is 0 Å². The van der Waals surface area contributed by atoms with Gasteiger partial charge in [-0.2, -0.15) is 0 Å². The molecule has 1 aliphatic heterocycles. The zero-order valence-electron chi connectivity index (χ0n) is 7.51. The summed E-state index contributed by atoms with van der Waals surface area (Å²) in [5.74, 6) is 0. The maximum atomic E-state index is 5.10. The van der Waals surface area contributed by atoms with Crippen LogP contribution in [0.1, 0.15) is 5.56 Å². The van der Waals surface area contributed by atoms with Crippen molar-refractivity contribution < 1.29 is 4.74 Å². The summed E-state index contributed by atoms with van der Waals surface area (Å²) in [5.41, 5.74) is 2.46. The molecule has 1 saturated heterocycles. The Kier molecular flexibility index (Phi) is 2.56. The molecule has 2 nitrogen and oxygen atoms in total. The van der Waals surface area contributed by atoms with E-state index in [2.05, 4.69) is 40.3 Å². The normalized spacial score (nSPS) is 16.8. The van der Waals surface area contributed by atoms with Gasteiger partial charge in [0.25, 0.3) is 0 Å². The quantitative estimate of drug-likeness (QED) is 0.860. The van der Waals surface area contributed by atoms with Gasteiger partial charge in [0.15, 0.2) is 0 Å². The molecule has 0 aliphatic carbocycles. The summed E-state index contributed by atoms with van der Waals surface area (Å²) in [6, 6.07) is 6.68. The fourth-order valence-corrected chi connectivity index (χ4v) is 1.67. The van der Waals surface area contributed by atoms with E-state index in [1.807, 2.05) is 6.07 Å². The molecule has 0 radical (unpaired) electrons. The third kappa shape index (κ3) is 1.86. The lowest BCUT2D eigenvalue weighted by Gasteiger charge is -2.28. The first-order valence-electron chi connectivity index (χ1n) is 4.37. The second-order valence-corrected chi connectivity index (χ2v) is 4.15. The lowest BCUT2D eigenvalue weighted by atomic mass is 10.1. The Morgan fingerprint density at radius 2 is 2.23 bits per heavy atom. The van der Waals surface area contributed by atoms with E-state index >= 15 is 0 Å². The van der Waals surface area contributed by atoms with E-state index in [0.717, 1.165) is 17.7 Å². The van der Waals surface area contributed by atoms with E-state index in [1.165, 1.54) is 11.3 Å². The highest BCUT2D eigenvalue weighted by molar-refractivity contribution is 9.10. The number of anilines is 1. The van der Waals surface area contributed by atoms with Gasteiger partial charge >= 0.3 is 0 Å². The molecular formula is C10H12BrNO. The summed E-state index contributed by atoms with van der Waals surface area (Å²) in [6.45, 7) is 3.75. The number of ether oxygens (including phenoxy) is 1. The van der Waals surface area contributed by atoms with Crippen LogP contribution in [0.2, 0.25) is 0 Å². The lowest BCUT2D eigenvalue weighted by molar-refractivity contribution is 0.0211. The number of hydrogen-bond acceptors (Lipinski definition) is 2. The fourth-order valence-electron chi connectivity index (χ4n) is 1.30. The van der Waals surface area contributed by atoms with Crippen LogP contribution in [0.3, 0.4) is 0 Å². The summed E-state index contributed by atoms with van der Waals surface area (Å²) < 4.78 is 6.25. The highest BCUT2D eigenvalue weighted by Gasteiger charge is 2.18. The second-order valence-electron chi connectivity index (χ2n) is 3.29. The van der Waals surface area contributed by atoms with Crippen LogP contribution in [0.5, 0.6) is 0 Å². The molecule has 13 heavy (non-hydrogen) atoms. The van der Waals surface area contributed by atoms with Crippen molar-refractivity contribution in [1.82, 2.24) is 0 Å². The summed E-state index contributed by atoms with van der Waals surface area (Å²) >= 11 is 3.50. The monoisotopic (exact) mass is 241 g/mol. The summed E-state index contributed by atoms with van der Waals surface area (Å²) in [7, 11) is 0. The van der Waals surface area contributed by atoms with Crippen LogP contribution in [0.25, 0.3) is 0 Å². The number of hydrogen-bond donors (Lipinski definition) is 1. The van der Waals surface area contributed by atoms with E-state index in [4.69, 9.17) is 4.74 Å². The zero-order chi connectivity index (χ0) is 9.26. The third-order valence-electron chi connectivity index (χ3n) is 2.27. The van der Waals surface area contributed by atoms with E-state index in [-0.39, 0.29) is 0 Å². The Hall–Kier alpha value is -0.540. The molecule has 2 rings (SSSR count). The minimum Gasteiger partial charge on any atom is -0.377 e. The Labute approximate surface area is 86.4 Å². The second kappa shape index (κ2) is 3.68. The largest absolute Gasteiger partial charge is 0.377 e. The molecule has 1 heterocycles. The van der Waals surface area contributed by atoms with Crippen LogP contribution < -0.4 is 5.32 Å². The average Bonchev–Trinajstić information content (AvgIpc) is 2.04. The molecule has 1 fully saturated rings. The van der Waals surface area contributed by atoms with Crippen molar-refractivity contribution in [3.05, 3.63) is 28.2 Å². The molecule has 70 valence electrons. The number of benzene rings is 1. The van der Waals surface area contributed by atoms with Gasteiger partial charge in [0.05, 0.1) is 19.3 Å². The van der Waals surface area contributed by atoms with Crippen molar-refractivity contribution >= 4 is 21.6 Å². The molecule has 0 unspecified atom stereocenters. The predicted molar refractivity (Wildman–Crippen MR) is 57.1 cm³/mol. The van der Waals surface area contributed by atoms with Crippen molar-refractivity contribution in [2.24, 2.45) is 0 Å². The number of halogens is 1. The van der Waals surface area contributed by atoms with Crippen molar-refractivity contribution in [2.45, 2.75) is 13.0 Å². The topological polar surface area (TPSA) is 21.3 Å². The molecule has 3 heteroatoms. The molecule has 0 atom stereocenters. The molecule has 1 aromatic carbocycles. The van der Waals surface area contributed by atoms with Crippen molar-refractivity contribution in [2.75, 3.05) is 18.5 Å². The SMILES string of the molecule is Cc1c(Br)cccc1NC1COC1.